The Morgan fingerprint density at radius 3 is 2.20 bits per heavy atom. The fourth-order valence-electron chi connectivity index (χ4n) is 1.43. The molecular formula is C13H20OS. The highest BCUT2D eigenvalue weighted by Crippen LogP contribution is 2.24. The molecule has 2 unspecified atom stereocenters. The molecule has 0 amide bonds. The summed E-state index contributed by atoms with van der Waals surface area (Å²) in [5, 5.41) is 9.71. The van der Waals surface area contributed by atoms with Gasteiger partial charge in [-0.05, 0) is 37.5 Å². The first-order valence-corrected chi connectivity index (χ1v) is 6.42. The number of aryl methyl sites for hydroxylation is 2. The number of aliphatic hydroxyl groups is 1. The summed E-state index contributed by atoms with van der Waals surface area (Å²) in [4.78, 5) is 0. The van der Waals surface area contributed by atoms with Gasteiger partial charge in [0, 0.05) is 11.0 Å². The lowest BCUT2D eigenvalue weighted by Gasteiger charge is -2.16. The van der Waals surface area contributed by atoms with Gasteiger partial charge in [0.2, 0.25) is 0 Å². The van der Waals surface area contributed by atoms with Crippen LogP contribution in [0.4, 0.5) is 0 Å². The first-order valence-electron chi connectivity index (χ1n) is 5.37. The van der Waals surface area contributed by atoms with E-state index < -0.39 is 0 Å². The van der Waals surface area contributed by atoms with E-state index in [0.717, 1.165) is 5.75 Å². The largest absolute Gasteiger partial charge is 0.392 e. The van der Waals surface area contributed by atoms with Crippen LogP contribution in [0.1, 0.15) is 30.5 Å². The number of thioether (sulfide) groups is 1. The fourth-order valence-corrected chi connectivity index (χ4v) is 2.59. The van der Waals surface area contributed by atoms with Crippen LogP contribution in [0, 0.1) is 13.8 Å². The lowest BCUT2D eigenvalue weighted by Crippen LogP contribution is -2.15. The maximum absolute atomic E-state index is 9.42. The predicted molar refractivity (Wildman–Crippen MR) is 68.4 cm³/mol. The van der Waals surface area contributed by atoms with E-state index in [1.165, 1.54) is 16.7 Å². The number of rotatable bonds is 4. The molecular weight excluding hydrogens is 204 g/mol. The van der Waals surface area contributed by atoms with Gasteiger partial charge < -0.3 is 5.11 Å². The van der Waals surface area contributed by atoms with E-state index in [2.05, 4.69) is 39.0 Å². The van der Waals surface area contributed by atoms with Crippen LogP contribution < -0.4 is 0 Å². The third-order valence-corrected chi connectivity index (χ3v) is 4.19. The molecule has 0 saturated heterocycles. The van der Waals surface area contributed by atoms with Crippen molar-refractivity contribution in [3.8, 4) is 0 Å². The lowest BCUT2D eigenvalue weighted by atomic mass is 10.1. The molecule has 1 N–H and O–H groups in total. The molecule has 0 bridgehead atoms. The maximum Gasteiger partial charge on any atom is 0.0628 e. The first-order chi connectivity index (χ1) is 7.02. The summed E-state index contributed by atoms with van der Waals surface area (Å²) in [6.07, 6.45) is -0.237. The van der Waals surface area contributed by atoms with Crippen molar-refractivity contribution in [3.05, 3.63) is 34.9 Å². The fraction of sp³-hybridized carbons (Fsp3) is 0.538. The van der Waals surface area contributed by atoms with Gasteiger partial charge in [-0.25, -0.2) is 0 Å². The Kier molecular flexibility index (Phi) is 4.68. The van der Waals surface area contributed by atoms with Crippen LogP contribution in [0.15, 0.2) is 18.2 Å². The van der Waals surface area contributed by atoms with Gasteiger partial charge in [-0.2, -0.15) is 11.8 Å². The SMILES string of the molecule is Cc1cccc(C)c1CSC(C)C(C)O. The van der Waals surface area contributed by atoms with Crippen molar-refractivity contribution in [2.24, 2.45) is 0 Å². The van der Waals surface area contributed by atoms with Crippen molar-refractivity contribution in [3.63, 3.8) is 0 Å². The highest BCUT2D eigenvalue weighted by atomic mass is 32.2. The third-order valence-electron chi connectivity index (χ3n) is 2.81. The molecule has 0 aliphatic carbocycles. The van der Waals surface area contributed by atoms with Crippen LogP contribution >= 0.6 is 11.8 Å². The second kappa shape index (κ2) is 5.57. The Hall–Kier alpha value is -0.470. The minimum Gasteiger partial charge on any atom is -0.392 e. The zero-order valence-electron chi connectivity index (χ0n) is 9.95. The minimum absolute atomic E-state index is 0.237. The molecule has 0 radical (unpaired) electrons. The minimum atomic E-state index is -0.237. The van der Waals surface area contributed by atoms with Crippen molar-refractivity contribution in [2.45, 2.75) is 44.8 Å². The van der Waals surface area contributed by atoms with Crippen molar-refractivity contribution in [1.82, 2.24) is 0 Å². The number of hydrogen-bond acceptors (Lipinski definition) is 2. The summed E-state index contributed by atoms with van der Waals surface area (Å²) in [7, 11) is 0. The van der Waals surface area contributed by atoms with E-state index in [9.17, 15) is 5.11 Å². The molecule has 0 aliphatic rings. The molecule has 0 saturated carbocycles. The van der Waals surface area contributed by atoms with Crippen molar-refractivity contribution in [2.75, 3.05) is 0 Å². The van der Waals surface area contributed by atoms with Crippen LogP contribution in [0.3, 0.4) is 0 Å². The Balaban J connectivity index is 2.65. The second-order valence-corrected chi connectivity index (χ2v) is 5.49. The Morgan fingerprint density at radius 2 is 1.73 bits per heavy atom. The molecule has 15 heavy (non-hydrogen) atoms. The van der Waals surface area contributed by atoms with Gasteiger partial charge in [-0.3, -0.25) is 0 Å². The lowest BCUT2D eigenvalue weighted by molar-refractivity contribution is 0.196. The van der Waals surface area contributed by atoms with E-state index in [4.69, 9.17) is 0 Å². The molecule has 0 aliphatic heterocycles. The van der Waals surface area contributed by atoms with Gasteiger partial charge >= 0.3 is 0 Å². The van der Waals surface area contributed by atoms with Crippen LogP contribution in [0.25, 0.3) is 0 Å². The molecule has 2 atom stereocenters. The predicted octanol–water partition coefficient (Wildman–Crippen LogP) is 3.31. The van der Waals surface area contributed by atoms with Crippen molar-refractivity contribution >= 4 is 11.8 Å². The smallest absolute Gasteiger partial charge is 0.0628 e. The van der Waals surface area contributed by atoms with Crippen LogP contribution in [-0.4, -0.2) is 16.5 Å². The molecule has 1 nitrogen and oxygen atoms in total. The monoisotopic (exact) mass is 224 g/mol. The van der Waals surface area contributed by atoms with E-state index in [1.807, 2.05) is 18.7 Å². The highest BCUT2D eigenvalue weighted by Gasteiger charge is 2.10. The molecule has 2 heteroatoms. The van der Waals surface area contributed by atoms with Gasteiger partial charge in [0.1, 0.15) is 0 Å². The molecule has 1 aromatic rings. The molecule has 0 spiro atoms. The van der Waals surface area contributed by atoms with E-state index in [-0.39, 0.29) is 6.10 Å². The normalized spacial score (nSPS) is 15.0. The zero-order valence-corrected chi connectivity index (χ0v) is 10.8. The average Bonchev–Trinajstić information content (AvgIpc) is 2.16. The Morgan fingerprint density at radius 1 is 1.20 bits per heavy atom. The molecule has 0 heterocycles. The first kappa shape index (κ1) is 12.6. The molecule has 1 aromatic carbocycles. The average molecular weight is 224 g/mol. The topological polar surface area (TPSA) is 20.2 Å². The van der Waals surface area contributed by atoms with Crippen LogP contribution in [0.2, 0.25) is 0 Å². The van der Waals surface area contributed by atoms with Gasteiger partial charge in [0.05, 0.1) is 6.10 Å². The van der Waals surface area contributed by atoms with Gasteiger partial charge in [-0.15, -0.1) is 0 Å². The summed E-state index contributed by atoms with van der Waals surface area (Å²) >= 11 is 1.82. The molecule has 0 fully saturated rings. The maximum atomic E-state index is 9.42. The van der Waals surface area contributed by atoms with Crippen LogP contribution in [-0.2, 0) is 5.75 Å². The summed E-state index contributed by atoms with van der Waals surface area (Å²) in [5.74, 6) is 0.991. The van der Waals surface area contributed by atoms with E-state index in [1.54, 1.807) is 0 Å². The summed E-state index contributed by atoms with van der Waals surface area (Å²) in [5.41, 5.74) is 4.11. The van der Waals surface area contributed by atoms with Gasteiger partial charge in [-0.1, -0.05) is 25.1 Å². The highest BCUT2D eigenvalue weighted by molar-refractivity contribution is 7.99. The Bertz CT molecular complexity index is 300. The van der Waals surface area contributed by atoms with Crippen molar-refractivity contribution < 1.29 is 5.11 Å². The number of benzene rings is 1. The molecule has 1 rings (SSSR count). The third kappa shape index (κ3) is 3.54. The summed E-state index contributed by atoms with van der Waals surface area (Å²) in [6, 6.07) is 6.39. The second-order valence-electron chi connectivity index (χ2n) is 4.13. The van der Waals surface area contributed by atoms with Crippen LogP contribution in [0.5, 0.6) is 0 Å². The number of hydrogen-bond donors (Lipinski definition) is 1. The summed E-state index contributed by atoms with van der Waals surface area (Å²) in [6.45, 7) is 8.22. The molecule has 0 aromatic heterocycles. The van der Waals surface area contributed by atoms with Gasteiger partial charge in [0.25, 0.3) is 0 Å². The standard InChI is InChI=1S/C13H20OS/c1-9-6-5-7-10(2)13(9)8-15-12(4)11(3)14/h5-7,11-12,14H,8H2,1-4H3. The zero-order chi connectivity index (χ0) is 11.4. The quantitative estimate of drug-likeness (QED) is 0.846. The molecule has 84 valence electrons. The van der Waals surface area contributed by atoms with E-state index in [0.29, 0.717) is 5.25 Å². The number of aliphatic hydroxyl groups excluding tert-OH is 1. The Labute approximate surface area is 96.9 Å². The van der Waals surface area contributed by atoms with Gasteiger partial charge in [0.15, 0.2) is 0 Å². The summed E-state index contributed by atoms with van der Waals surface area (Å²) < 4.78 is 0. The van der Waals surface area contributed by atoms with E-state index >= 15 is 0 Å². The van der Waals surface area contributed by atoms with Crippen molar-refractivity contribution in [1.29, 1.82) is 0 Å².